The summed E-state index contributed by atoms with van der Waals surface area (Å²) in [5.41, 5.74) is 1.28. The highest BCUT2D eigenvalue weighted by atomic mass is 16.6. The first-order valence-electron chi connectivity index (χ1n) is 25.0. The maximum Gasteiger partial charge on any atom is 0.299 e. The summed E-state index contributed by atoms with van der Waals surface area (Å²) in [4.78, 5) is 50.2. The first-order chi connectivity index (χ1) is 38.0. The van der Waals surface area contributed by atoms with Gasteiger partial charge in [-0.3, -0.25) is 40.5 Å². The van der Waals surface area contributed by atoms with E-state index in [0.29, 0.717) is 45.3 Å². The van der Waals surface area contributed by atoms with Crippen LogP contribution in [0.1, 0.15) is 0 Å². The molecule has 0 fully saturated rings. The SMILES string of the molecule is O=[N+]([O-])c1ccc(N2CCOc3ccc4ccccc4c3-c3c(ccc4ccccc34)OCCN(c3ccc([N+](=O)[O-])cc3[N+](=O)[O-])CCOc3ccc4ccccc4c3-c3c(ccc4ccccc34)OCC2)c([N+](=O)[O-])c1. The van der Waals surface area contributed by atoms with Crippen molar-refractivity contribution >= 4 is 77.2 Å². The summed E-state index contributed by atoms with van der Waals surface area (Å²) in [6.07, 6.45) is 0. The molecule has 18 nitrogen and oxygen atoms in total. The van der Waals surface area contributed by atoms with Gasteiger partial charge in [-0.15, -0.1) is 0 Å². The van der Waals surface area contributed by atoms with Crippen LogP contribution in [0, 0.1) is 40.5 Å². The minimum atomic E-state index is -0.670. The van der Waals surface area contributed by atoms with E-state index < -0.39 is 42.4 Å². The molecule has 18 heteroatoms. The van der Waals surface area contributed by atoms with Gasteiger partial charge in [-0.05, 0) is 79.5 Å². The van der Waals surface area contributed by atoms with Gasteiger partial charge in [0.1, 0.15) is 60.8 Å². The van der Waals surface area contributed by atoms with Crippen LogP contribution in [-0.4, -0.2) is 72.3 Å². The van der Waals surface area contributed by atoms with E-state index in [2.05, 4.69) is 0 Å². The zero-order chi connectivity index (χ0) is 53.9. The molecule has 0 amide bonds. The molecule has 0 atom stereocenters. The van der Waals surface area contributed by atoms with Gasteiger partial charge in [0, 0.05) is 34.4 Å². The first kappa shape index (κ1) is 49.8. The molecule has 0 spiro atoms. The summed E-state index contributed by atoms with van der Waals surface area (Å²) in [7, 11) is 0. The minimum Gasteiger partial charge on any atom is -0.491 e. The number of nitrogens with zero attached hydrogens (tertiary/aromatic N) is 6. The smallest absolute Gasteiger partial charge is 0.299 e. The quantitative estimate of drug-likeness (QED) is 0.112. The molecular weight excluding hydrogens is 997 g/mol. The normalized spacial score (nSPS) is 13.5. The van der Waals surface area contributed by atoms with Crippen LogP contribution in [0.15, 0.2) is 182 Å². The van der Waals surface area contributed by atoms with E-state index in [0.717, 1.165) is 55.2 Å². The van der Waals surface area contributed by atoms with Crippen LogP contribution in [0.3, 0.4) is 0 Å². The zero-order valence-electron chi connectivity index (χ0n) is 41.6. The molecular formula is C60H46N6O12. The Bertz CT molecular complexity index is 3580. The fourth-order valence-electron chi connectivity index (χ4n) is 10.4. The fraction of sp³-hybridized carbons (Fsp3) is 0.133. The second kappa shape index (κ2) is 21.5. The summed E-state index contributed by atoms with van der Waals surface area (Å²) in [6, 6.07) is 53.6. The van der Waals surface area contributed by atoms with Gasteiger partial charge in [0.15, 0.2) is 0 Å². The highest BCUT2D eigenvalue weighted by Gasteiger charge is 2.28. The molecule has 0 radical (unpaired) electrons. The second-order valence-electron chi connectivity index (χ2n) is 18.4. The van der Waals surface area contributed by atoms with Gasteiger partial charge in [-0.25, -0.2) is 0 Å². The number of ether oxygens (including phenoxy) is 4. The molecule has 1 aliphatic rings. The Morgan fingerprint density at radius 2 is 0.590 bits per heavy atom. The lowest BCUT2D eigenvalue weighted by molar-refractivity contribution is -0.394. The number of rotatable bonds is 6. The van der Waals surface area contributed by atoms with Crippen molar-refractivity contribution in [1.82, 2.24) is 0 Å². The average Bonchev–Trinajstić information content (AvgIpc) is 3.56. The van der Waals surface area contributed by atoms with Crippen molar-refractivity contribution in [2.24, 2.45) is 0 Å². The number of anilines is 2. The molecule has 0 N–H and O–H groups in total. The Hall–Kier alpha value is -10.4. The predicted octanol–water partition coefficient (Wildman–Crippen LogP) is 13.5. The molecule has 0 saturated heterocycles. The molecule has 10 aromatic rings. The Morgan fingerprint density at radius 3 is 0.846 bits per heavy atom. The lowest BCUT2D eigenvalue weighted by atomic mass is 9.92. The average molecular weight is 1040 g/mol. The molecule has 10 aromatic carbocycles. The number of hydrogen-bond donors (Lipinski definition) is 0. The summed E-state index contributed by atoms with van der Waals surface area (Å²) in [5.74, 6) is 1.88. The second-order valence-corrected chi connectivity index (χ2v) is 18.4. The molecule has 78 heavy (non-hydrogen) atoms. The summed E-state index contributed by atoms with van der Waals surface area (Å²) in [6.45, 7) is 0.242. The lowest BCUT2D eigenvalue weighted by Gasteiger charge is -2.27. The molecule has 0 saturated carbocycles. The van der Waals surface area contributed by atoms with Gasteiger partial charge < -0.3 is 28.7 Å². The monoisotopic (exact) mass is 1040 g/mol. The highest BCUT2D eigenvalue weighted by molar-refractivity contribution is 6.11. The Balaban J connectivity index is 1.08. The fourth-order valence-corrected chi connectivity index (χ4v) is 10.4. The van der Waals surface area contributed by atoms with Crippen molar-refractivity contribution in [1.29, 1.82) is 0 Å². The van der Waals surface area contributed by atoms with E-state index >= 15 is 0 Å². The number of non-ortho nitro benzene ring substituents is 2. The maximum atomic E-state index is 12.7. The van der Waals surface area contributed by atoms with E-state index in [-0.39, 0.29) is 64.0 Å². The lowest BCUT2D eigenvalue weighted by Crippen LogP contribution is -2.33. The molecule has 0 bridgehead atoms. The third-order valence-electron chi connectivity index (χ3n) is 14.0. The van der Waals surface area contributed by atoms with Crippen LogP contribution < -0.4 is 28.7 Å². The van der Waals surface area contributed by atoms with Gasteiger partial charge in [0.2, 0.25) is 0 Å². The van der Waals surface area contributed by atoms with E-state index in [9.17, 15) is 40.5 Å². The first-order valence-corrected chi connectivity index (χ1v) is 25.0. The third-order valence-corrected chi connectivity index (χ3v) is 14.0. The molecule has 0 unspecified atom stereocenters. The molecule has 1 aliphatic heterocycles. The van der Waals surface area contributed by atoms with Gasteiger partial charge in [-0.1, -0.05) is 121 Å². The number of nitro groups is 4. The van der Waals surface area contributed by atoms with Crippen LogP contribution in [0.5, 0.6) is 23.0 Å². The molecule has 0 aliphatic carbocycles. The maximum absolute atomic E-state index is 12.7. The third kappa shape index (κ3) is 9.76. The molecule has 388 valence electrons. The van der Waals surface area contributed by atoms with Gasteiger partial charge in [0.05, 0.1) is 58.0 Å². The number of hydrogen-bond acceptors (Lipinski definition) is 14. The topological polar surface area (TPSA) is 216 Å². The summed E-state index contributed by atoms with van der Waals surface area (Å²) < 4.78 is 27.2. The van der Waals surface area contributed by atoms with E-state index in [1.807, 2.05) is 146 Å². The van der Waals surface area contributed by atoms with Crippen molar-refractivity contribution < 1.29 is 38.6 Å². The van der Waals surface area contributed by atoms with Crippen molar-refractivity contribution in [3.63, 3.8) is 0 Å². The predicted molar refractivity (Wildman–Crippen MR) is 300 cm³/mol. The van der Waals surface area contributed by atoms with Crippen molar-refractivity contribution in [2.75, 3.05) is 62.4 Å². The molecule has 0 aromatic heterocycles. The van der Waals surface area contributed by atoms with Crippen molar-refractivity contribution in [3.05, 3.63) is 222 Å². The number of benzene rings is 10. The Morgan fingerprint density at radius 1 is 0.321 bits per heavy atom. The van der Waals surface area contributed by atoms with Gasteiger partial charge in [-0.2, -0.15) is 0 Å². The van der Waals surface area contributed by atoms with Gasteiger partial charge in [0.25, 0.3) is 22.7 Å². The van der Waals surface area contributed by atoms with Crippen molar-refractivity contribution in [2.45, 2.75) is 0 Å². The highest BCUT2D eigenvalue weighted by Crippen LogP contribution is 2.48. The Kier molecular flexibility index (Phi) is 13.7. The Labute approximate surface area is 444 Å². The summed E-state index contributed by atoms with van der Waals surface area (Å²) >= 11 is 0. The molecule has 11 rings (SSSR count). The van der Waals surface area contributed by atoms with Crippen molar-refractivity contribution in [3.8, 4) is 45.3 Å². The number of fused-ring (bicyclic) bond motifs is 14. The van der Waals surface area contributed by atoms with E-state index in [1.54, 1.807) is 9.80 Å². The minimum absolute atomic E-state index is 0.0126. The van der Waals surface area contributed by atoms with Gasteiger partial charge >= 0.3 is 0 Å². The summed E-state index contributed by atoms with van der Waals surface area (Å²) in [5, 5.41) is 56.3. The molecule has 1 heterocycles. The van der Waals surface area contributed by atoms with E-state index in [1.165, 1.54) is 24.3 Å². The van der Waals surface area contributed by atoms with Crippen LogP contribution in [0.4, 0.5) is 34.1 Å². The van der Waals surface area contributed by atoms with Crippen LogP contribution in [0.25, 0.3) is 65.3 Å². The van der Waals surface area contributed by atoms with E-state index in [4.69, 9.17) is 18.9 Å². The largest absolute Gasteiger partial charge is 0.491 e. The number of nitro benzene ring substituents is 4. The van der Waals surface area contributed by atoms with Crippen LogP contribution >= 0.6 is 0 Å². The standard InChI is InChI=1S/C60H46N6O12/c67-63(68)43-21-23-49(51(37-43)65(71)72)61-29-33-75-53-25-17-39-9-1-5-13-45(39)57(53)58-46-14-6-2-10-40(46)18-26-54(58)76-34-30-62(50-24-22-44(64(69)70)38-52(50)66(73)74)32-36-78-56-28-20-42-12-4-8-16-48(42)60(56)59-47-15-7-3-11-41(47)19-27-55(59)77-35-31-61/h1-28,37-38H,29-36H2. The zero-order valence-corrected chi connectivity index (χ0v) is 41.6. The van der Waals surface area contributed by atoms with Crippen LogP contribution in [-0.2, 0) is 0 Å². The van der Waals surface area contributed by atoms with Crippen LogP contribution in [0.2, 0.25) is 0 Å².